The first kappa shape index (κ1) is 12.1. The summed E-state index contributed by atoms with van der Waals surface area (Å²) in [5.41, 5.74) is 6.08. The number of ketones is 1. The van der Waals surface area contributed by atoms with E-state index in [1.165, 1.54) is 0 Å². The number of rotatable bonds is 5. The lowest BCUT2D eigenvalue weighted by molar-refractivity contribution is 0.0963. The molecule has 0 unspecified atom stereocenters. The molecule has 0 atom stereocenters. The molecule has 2 aromatic rings. The van der Waals surface area contributed by atoms with Crippen molar-refractivity contribution >= 4 is 11.6 Å². The van der Waals surface area contributed by atoms with Crippen LogP contribution in [0.15, 0.2) is 48.7 Å². The van der Waals surface area contributed by atoms with E-state index >= 15 is 0 Å². The summed E-state index contributed by atoms with van der Waals surface area (Å²) in [7, 11) is 0. The van der Waals surface area contributed by atoms with E-state index in [1.54, 1.807) is 18.3 Å². The van der Waals surface area contributed by atoms with Gasteiger partial charge in [0.25, 0.3) is 0 Å². The fourth-order valence-electron chi connectivity index (χ4n) is 1.57. The van der Waals surface area contributed by atoms with Gasteiger partial charge in [0.05, 0.1) is 12.2 Å². The Bertz CT molecular complexity index is 526. The number of nitrogens with zero attached hydrogens (tertiary/aromatic N) is 1. The summed E-state index contributed by atoms with van der Waals surface area (Å²) in [6, 6.07) is 12.8. The summed E-state index contributed by atoms with van der Waals surface area (Å²) in [6.07, 6.45) is 1.84. The largest absolute Gasteiger partial charge is 0.493 e. The van der Waals surface area contributed by atoms with E-state index in [4.69, 9.17) is 10.5 Å². The van der Waals surface area contributed by atoms with Crippen LogP contribution in [0.4, 0.5) is 5.82 Å². The van der Waals surface area contributed by atoms with Crippen molar-refractivity contribution in [1.82, 2.24) is 4.98 Å². The number of aromatic nitrogens is 1. The maximum atomic E-state index is 11.9. The smallest absolute Gasteiger partial charge is 0.169 e. The summed E-state index contributed by atoms with van der Waals surface area (Å²) < 4.78 is 5.46. The Kier molecular flexibility index (Phi) is 3.91. The van der Waals surface area contributed by atoms with Crippen LogP contribution in [-0.4, -0.2) is 17.4 Å². The number of benzene rings is 1. The van der Waals surface area contributed by atoms with Gasteiger partial charge in [0, 0.05) is 12.6 Å². The van der Waals surface area contributed by atoms with Crippen LogP contribution in [-0.2, 0) is 0 Å². The average Bonchev–Trinajstić information content (AvgIpc) is 2.40. The molecule has 1 aromatic heterocycles. The number of anilines is 1. The van der Waals surface area contributed by atoms with Crippen LogP contribution in [0.3, 0.4) is 0 Å². The number of Topliss-reactive ketones (excluding diaryl/α,β-unsaturated/α-hetero) is 1. The zero-order valence-corrected chi connectivity index (χ0v) is 9.87. The minimum atomic E-state index is -0.0588. The predicted molar refractivity (Wildman–Crippen MR) is 69.5 cm³/mol. The Balaban J connectivity index is 1.88. The third-order valence-electron chi connectivity index (χ3n) is 2.48. The van der Waals surface area contributed by atoms with E-state index in [2.05, 4.69) is 4.98 Å². The highest BCUT2D eigenvalue weighted by molar-refractivity contribution is 5.99. The van der Waals surface area contributed by atoms with Gasteiger partial charge < -0.3 is 10.5 Å². The summed E-state index contributed by atoms with van der Waals surface area (Å²) in [6.45, 7) is 0.331. The highest BCUT2D eigenvalue weighted by Gasteiger charge is 2.09. The molecule has 0 amide bonds. The Hall–Kier alpha value is -2.36. The summed E-state index contributed by atoms with van der Waals surface area (Å²) >= 11 is 0. The van der Waals surface area contributed by atoms with Gasteiger partial charge >= 0.3 is 0 Å². The quantitative estimate of drug-likeness (QED) is 0.817. The van der Waals surface area contributed by atoms with Crippen LogP contribution in [0.25, 0.3) is 0 Å². The van der Waals surface area contributed by atoms with E-state index in [-0.39, 0.29) is 18.0 Å². The summed E-state index contributed by atoms with van der Waals surface area (Å²) in [5, 5.41) is 0. The van der Waals surface area contributed by atoms with Gasteiger partial charge in [0.15, 0.2) is 5.78 Å². The van der Waals surface area contributed by atoms with Crippen molar-refractivity contribution < 1.29 is 9.53 Å². The molecule has 0 aliphatic heterocycles. The number of hydrogen-bond donors (Lipinski definition) is 1. The molecule has 4 heteroatoms. The van der Waals surface area contributed by atoms with Gasteiger partial charge in [-0.05, 0) is 24.3 Å². The molecule has 92 valence electrons. The van der Waals surface area contributed by atoms with Gasteiger partial charge in [-0.15, -0.1) is 0 Å². The molecule has 4 nitrogen and oxygen atoms in total. The molecule has 0 radical (unpaired) electrons. The number of ether oxygens (including phenoxy) is 1. The van der Waals surface area contributed by atoms with Gasteiger partial charge in [-0.2, -0.15) is 0 Å². The van der Waals surface area contributed by atoms with Crippen LogP contribution < -0.4 is 10.5 Å². The van der Waals surface area contributed by atoms with E-state index in [0.29, 0.717) is 12.2 Å². The van der Waals surface area contributed by atoms with E-state index in [0.717, 1.165) is 5.75 Å². The SMILES string of the molecule is Nc1ncccc1C(=O)CCOc1ccccc1. The Morgan fingerprint density at radius 1 is 1.17 bits per heavy atom. The lowest BCUT2D eigenvalue weighted by Gasteiger charge is -2.06. The maximum absolute atomic E-state index is 11.9. The fourth-order valence-corrected chi connectivity index (χ4v) is 1.57. The van der Waals surface area contributed by atoms with Gasteiger partial charge in [0.1, 0.15) is 11.6 Å². The molecule has 1 heterocycles. The van der Waals surface area contributed by atoms with Crippen LogP contribution >= 0.6 is 0 Å². The van der Waals surface area contributed by atoms with Crippen molar-refractivity contribution in [2.45, 2.75) is 6.42 Å². The molecule has 0 aliphatic carbocycles. The van der Waals surface area contributed by atoms with E-state index in [1.807, 2.05) is 30.3 Å². The molecular formula is C14H14N2O2. The van der Waals surface area contributed by atoms with Crippen molar-refractivity contribution in [1.29, 1.82) is 0 Å². The Morgan fingerprint density at radius 2 is 1.94 bits per heavy atom. The second-order valence-corrected chi connectivity index (χ2v) is 3.77. The molecule has 0 aliphatic rings. The topological polar surface area (TPSA) is 65.2 Å². The van der Waals surface area contributed by atoms with Gasteiger partial charge in [-0.25, -0.2) is 4.98 Å². The van der Waals surface area contributed by atoms with Crippen molar-refractivity contribution in [2.75, 3.05) is 12.3 Å². The molecule has 0 saturated heterocycles. The normalized spacial score (nSPS) is 10.0. The fraction of sp³-hybridized carbons (Fsp3) is 0.143. The van der Waals surface area contributed by atoms with Crippen LogP contribution in [0, 0.1) is 0 Å². The van der Waals surface area contributed by atoms with Crippen LogP contribution in [0.5, 0.6) is 5.75 Å². The average molecular weight is 242 g/mol. The molecule has 2 rings (SSSR count). The van der Waals surface area contributed by atoms with Crippen molar-refractivity contribution in [3.8, 4) is 5.75 Å². The first-order valence-electron chi connectivity index (χ1n) is 5.69. The number of nitrogens with two attached hydrogens (primary N) is 1. The molecule has 0 spiro atoms. The first-order chi connectivity index (χ1) is 8.77. The lowest BCUT2D eigenvalue weighted by atomic mass is 10.1. The number of carbonyl (C=O) groups is 1. The van der Waals surface area contributed by atoms with Crippen molar-refractivity contribution in [3.63, 3.8) is 0 Å². The van der Waals surface area contributed by atoms with Crippen molar-refractivity contribution in [2.24, 2.45) is 0 Å². The first-order valence-corrected chi connectivity index (χ1v) is 5.69. The highest BCUT2D eigenvalue weighted by Crippen LogP contribution is 2.12. The highest BCUT2D eigenvalue weighted by atomic mass is 16.5. The zero-order valence-electron chi connectivity index (χ0n) is 9.87. The van der Waals surface area contributed by atoms with E-state index < -0.39 is 0 Å². The van der Waals surface area contributed by atoms with Crippen LogP contribution in [0.2, 0.25) is 0 Å². The Morgan fingerprint density at radius 3 is 2.67 bits per heavy atom. The van der Waals surface area contributed by atoms with Gasteiger partial charge in [-0.3, -0.25) is 4.79 Å². The minimum absolute atomic E-state index is 0.0588. The number of para-hydroxylation sites is 1. The standard InChI is InChI=1S/C14H14N2O2/c15-14-12(7-4-9-16-14)13(17)8-10-18-11-5-2-1-3-6-11/h1-7,9H,8,10H2,(H2,15,16). The van der Waals surface area contributed by atoms with Gasteiger partial charge in [0.2, 0.25) is 0 Å². The summed E-state index contributed by atoms with van der Waals surface area (Å²) in [4.78, 5) is 15.7. The number of nitrogen functional groups attached to an aromatic ring is 1. The molecular weight excluding hydrogens is 228 g/mol. The Labute approximate surface area is 105 Å². The second-order valence-electron chi connectivity index (χ2n) is 3.77. The molecule has 2 N–H and O–H groups in total. The van der Waals surface area contributed by atoms with Crippen LogP contribution in [0.1, 0.15) is 16.8 Å². The number of carbonyl (C=O) groups excluding carboxylic acids is 1. The van der Waals surface area contributed by atoms with E-state index in [9.17, 15) is 4.79 Å². The van der Waals surface area contributed by atoms with Crippen molar-refractivity contribution in [3.05, 3.63) is 54.2 Å². The zero-order chi connectivity index (χ0) is 12.8. The molecule has 0 bridgehead atoms. The summed E-state index contributed by atoms with van der Waals surface area (Å²) in [5.74, 6) is 0.961. The molecule has 0 fully saturated rings. The lowest BCUT2D eigenvalue weighted by Crippen LogP contribution is -2.09. The predicted octanol–water partition coefficient (Wildman–Crippen LogP) is 2.32. The molecule has 0 saturated carbocycles. The monoisotopic (exact) mass is 242 g/mol. The number of hydrogen-bond acceptors (Lipinski definition) is 4. The third-order valence-corrected chi connectivity index (χ3v) is 2.48. The molecule has 1 aromatic carbocycles. The second kappa shape index (κ2) is 5.82. The maximum Gasteiger partial charge on any atom is 0.169 e. The number of pyridine rings is 1. The minimum Gasteiger partial charge on any atom is -0.493 e. The van der Waals surface area contributed by atoms with Gasteiger partial charge in [-0.1, -0.05) is 18.2 Å². The molecule has 18 heavy (non-hydrogen) atoms. The third kappa shape index (κ3) is 3.07.